The lowest BCUT2D eigenvalue weighted by molar-refractivity contribution is -0.432. The zero-order chi connectivity index (χ0) is 8.08. The Kier molecular flexibility index (Phi) is 11.5. The third-order valence-electron chi connectivity index (χ3n) is 0. The van der Waals surface area contributed by atoms with Crippen molar-refractivity contribution in [3.63, 3.8) is 0 Å². The van der Waals surface area contributed by atoms with E-state index in [1.165, 1.54) is 0 Å². The molecule has 0 aliphatic rings. The van der Waals surface area contributed by atoms with E-state index in [1.807, 2.05) is 0 Å². The van der Waals surface area contributed by atoms with Gasteiger partial charge in [0.1, 0.15) is 0 Å². The van der Waals surface area contributed by atoms with Gasteiger partial charge in [-0.15, -0.1) is 0 Å². The number of carbonyl (C=O) groups excluding carboxylic acids is 1. The molecular weight excluding hydrogens is 186 g/mol. The van der Waals surface area contributed by atoms with Crippen molar-refractivity contribution in [2.24, 2.45) is 0 Å². The Morgan fingerprint density at radius 3 is 1.30 bits per heavy atom. The van der Waals surface area contributed by atoms with E-state index in [-0.39, 0.29) is 12.4 Å². The molecule has 0 N–H and O–H groups in total. The summed E-state index contributed by atoms with van der Waals surface area (Å²) in [5.41, 5.74) is 0. The average molecular weight is 189 g/mol. The summed E-state index contributed by atoms with van der Waals surface area (Å²) in [7, 11) is -5.39. The SMILES string of the molecule is CC(=O)[O-].O=P([O-])([O-])[O-].[Cl-]. The molecule has 0 aromatic heterocycles. The van der Waals surface area contributed by atoms with Gasteiger partial charge in [0, 0.05) is 5.97 Å². The highest BCUT2D eigenvalue weighted by Crippen LogP contribution is 2.03. The van der Waals surface area contributed by atoms with Crippen molar-refractivity contribution in [2.75, 3.05) is 0 Å². The summed E-state index contributed by atoms with van der Waals surface area (Å²) in [4.78, 5) is 34.5. The monoisotopic (exact) mass is 189 g/mol. The fraction of sp³-hybridized carbons (Fsp3) is 0.500. The van der Waals surface area contributed by atoms with Gasteiger partial charge in [0.05, 0.1) is 0 Å². The van der Waals surface area contributed by atoms with Crippen molar-refractivity contribution in [1.82, 2.24) is 0 Å². The van der Waals surface area contributed by atoms with E-state index < -0.39 is 13.8 Å². The molecule has 0 aliphatic carbocycles. The molecule has 0 spiro atoms. The van der Waals surface area contributed by atoms with Crippen molar-refractivity contribution in [3.8, 4) is 0 Å². The third kappa shape index (κ3) is 22000. The molecule has 0 atom stereocenters. The van der Waals surface area contributed by atoms with Crippen molar-refractivity contribution < 1.29 is 41.6 Å². The van der Waals surface area contributed by atoms with E-state index >= 15 is 0 Å². The van der Waals surface area contributed by atoms with Crippen molar-refractivity contribution in [3.05, 3.63) is 0 Å². The predicted molar refractivity (Wildman–Crippen MR) is 18.3 cm³/mol. The number of hydrogen-bond acceptors (Lipinski definition) is 6. The van der Waals surface area contributed by atoms with Crippen LogP contribution in [0.25, 0.3) is 0 Å². The largest absolute Gasteiger partial charge is 1.00 e. The van der Waals surface area contributed by atoms with Gasteiger partial charge in [0.25, 0.3) is 0 Å². The second-order valence-electron chi connectivity index (χ2n) is 0.939. The van der Waals surface area contributed by atoms with E-state index in [4.69, 9.17) is 29.1 Å². The molecule has 0 saturated heterocycles. The minimum Gasteiger partial charge on any atom is -1.00 e. The molecule has 0 rings (SSSR count). The number of phosphoric acid groups is 1. The lowest BCUT2D eigenvalue weighted by Crippen LogP contribution is -3.00. The smallest absolute Gasteiger partial charge is 0.0383 e. The molecule has 0 amide bonds. The molecule has 10 heavy (non-hydrogen) atoms. The third-order valence-corrected chi connectivity index (χ3v) is 0. The van der Waals surface area contributed by atoms with Gasteiger partial charge < -0.3 is 41.6 Å². The molecule has 0 aromatic rings. The van der Waals surface area contributed by atoms with E-state index in [2.05, 4.69) is 0 Å². The molecule has 0 aliphatic heterocycles. The van der Waals surface area contributed by atoms with Gasteiger partial charge in [-0.05, 0) is 6.92 Å². The lowest BCUT2D eigenvalue weighted by atomic mass is 10.9. The first-order valence-electron chi connectivity index (χ1n) is 1.64. The maximum absolute atomic E-state index is 8.89. The molecule has 64 valence electrons. The number of rotatable bonds is 0. The van der Waals surface area contributed by atoms with Crippen LogP contribution in [-0.2, 0) is 9.36 Å². The van der Waals surface area contributed by atoms with Gasteiger partial charge >= 0.3 is 0 Å². The van der Waals surface area contributed by atoms with E-state index in [9.17, 15) is 0 Å². The van der Waals surface area contributed by atoms with Crippen LogP contribution in [0, 0.1) is 0 Å². The van der Waals surface area contributed by atoms with Gasteiger partial charge in [-0.3, -0.25) is 0 Å². The minimum atomic E-state index is -5.39. The molecule has 0 radical (unpaired) electrons. The molecule has 0 bridgehead atoms. The van der Waals surface area contributed by atoms with Crippen LogP contribution in [0.4, 0.5) is 0 Å². The van der Waals surface area contributed by atoms with Crippen LogP contribution in [0.1, 0.15) is 6.92 Å². The van der Waals surface area contributed by atoms with Gasteiger partial charge in [-0.2, -0.15) is 7.82 Å². The van der Waals surface area contributed by atoms with E-state index in [0.29, 0.717) is 0 Å². The topological polar surface area (TPSA) is 126 Å². The predicted octanol–water partition coefficient (Wildman–Crippen LogP) is -7.06. The van der Waals surface area contributed by atoms with Crippen molar-refractivity contribution >= 4 is 13.8 Å². The fourth-order valence-electron chi connectivity index (χ4n) is 0. The first-order valence-corrected chi connectivity index (χ1v) is 3.10. The molecule has 0 aromatic carbocycles. The zero-order valence-electron chi connectivity index (χ0n) is 4.77. The highest BCUT2D eigenvalue weighted by Gasteiger charge is 1.46. The average Bonchev–Trinajstić information content (AvgIpc) is 1.19. The zero-order valence-corrected chi connectivity index (χ0v) is 6.43. The van der Waals surface area contributed by atoms with Gasteiger partial charge in [0.15, 0.2) is 0 Å². The molecule has 0 unspecified atom stereocenters. The van der Waals surface area contributed by atoms with Crippen molar-refractivity contribution in [2.45, 2.75) is 6.92 Å². The quantitative estimate of drug-likeness (QED) is 0.349. The normalized spacial score (nSPS) is 8.40. The maximum atomic E-state index is 8.89. The number of hydrogen-bond donors (Lipinski definition) is 0. The standard InChI is InChI=1S/C2H4O2.ClH.H3O4P/c1-2(3)4;;1-5(2,3)4/h1H3,(H,3,4);1H;(H3,1,2,3,4)/p-5. The van der Waals surface area contributed by atoms with Gasteiger partial charge in [-0.1, -0.05) is 0 Å². The Morgan fingerprint density at radius 2 is 1.30 bits per heavy atom. The fourth-order valence-corrected chi connectivity index (χ4v) is 0. The summed E-state index contributed by atoms with van der Waals surface area (Å²) in [6.07, 6.45) is 0. The van der Waals surface area contributed by atoms with Crippen LogP contribution >= 0.6 is 7.82 Å². The van der Waals surface area contributed by atoms with Crippen LogP contribution in [0.15, 0.2) is 0 Å². The number of carboxylic acid groups (broad SMARTS) is 1. The molecule has 6 nitrogen and oxygen atoms in total. The molecule has 0 saturated carbocycles. The lowest BCUT2D eigenvalue weighted by Gasteiger charge is -2.36. The molecular formula is C2H3ClO6P-5. The van der Waals surface area contributed by atoms with Gasteiger partial charge in [-0.25, -0.2) is 0 Å². The Bertz CT molecular complexity index is 115. The van der Waals surface area contributed by atoms with Crippen LogP contribution in [-0.4, -0.2) is 5.97 Å². The highest BCUT2D eigenvalue weighted by molar-refractivity contribution is 7.40. The molecule has 8 heteroatoms. The maximum Gasteiger partial charge on any atom is 0.0383 e. The van der Waals surface area contributed by atoms with Crippen LogP contribution in [0.5, 0.6) is 0 Å². The van der Waals surface area contributed by atoms with E-state index in [0.717, 1.165) is 6.92 Å². The number of aliphatic carboxylic acids is 1. The van der Waals surface area contributed by atoms with Crippen LogP contribution < -0.4 is 32.2 Å². The Labute approximate surface area is 63.2 Å². The number of halogens is 1. The summed E-state index contributed by atoms with van der Waals surface area (Å²) >= 11 is 0. The summed E-state index contributed by atoms with van der Waals surface area (Å²) < 4.78 is 8.55. The summed E-state index contributed by atoms with van der Waals surface area (Å²) in [5, 5.41) is 8.89. The van der Waals surface area contributed by atoms with Gasteiger partial charge in [0.2, 0.25) is 0 Å². The number of carboxylic acids is 1. The first-order chi connectivity index (χ1) is 3.73. The van der Waals surface area contributed by atoms with Crippen LogP contribution in [0.2, 0.25) is 0 Å². The Hall–Kier alpha value is -0.130. The van der Waals surface area contributed by atoms with E-state index in [1.54, 1.807) is 0 Å². The Morgan fingerprint density at radius 1 is 1.30 bits per heavy atom. The van der Waals surface area contributed by atoms with Crippen LogP contribution in [0.3, 0.4) is 0 Å². The van der Waals surface area contributed by atoms with Crippen molar-refractivity contribution in [1.29, 1.82) is 0 Å². The highest BCUT2D eigenvalue weighted by atomic mass is 35.5. The first kappa shape index (κ1) is 16.5. The minimum absolute atomic E-state index is 0. The Balaban J connectivity index is -0.0000000910. The second-order valence-corrected chi connectivity index (χ2v) is 1.83. The summed E-state index contributed by atoms with van der Waals surface area (Å²) in [6.45, 7) is 0.972. The molecule has 0 heterocycles. The summed E-state index contributed by atoms with van der Waals surface area (Å²) in [6, 6.07) is 0. The molecule has 0 fully saturated rings. The summed E-state index contributed by atoms with van der Waals surface area (Å²) in [5.74, 6) is -1.08. The second kappa shape index (κ2) is 6.98. The number of carbonyl (C=O) groups is 1.